The lowest BCUT2D eigenvalue weighted by Crippen LogP contribution is -2.51. The third-order valence-corrected chi connectivity index (χ3v) is 5.21. The van der Waals surface area contributed by atoms with Crippen LogP contribution in [0.15, 0.2) is 18.2 Å². The summed E-state index contributed by atoms with van der Waals surface area (Å²) in [6.07, 6.45) is 5.62. The second-order valence-corrected chi connectivity index (χ2v) is 7.05. The SMILES string of the molecule is Cc1cccc(CNNC(=O)C(O)C(N)CC2CCCCC2)c1C. The monoisotopic (exact) mass is 333 g/mol. The fourth-order valence-electron chi connectivity index (χ4n) is 3.43. The van der Waals surface area contributed by atoms with Gasteiger partial charge in [-0.25, -0.2) is 5.43 Å². The molecule has 1 aromatic rings. The molecule has 5 heteroatoms. The molecule has 0 aliphatic heterocycles. The van der Waals surface area contributed by atoms with Gasteiger partial charge in [0.1, 0.15) is 6.10 Å². The summed E-state index contributed by atoms with van der Waals surface area (Å²) in [4.78, 5) is 12.1. The summed E-state index contributed by atoms with van der Waals surface area (Å²) in [5, 5.41) is 10.1. The minimum absolute atomic E-state index is 0.455. The quantitative estimate of drug-likeness (QED) is 0.575. The minimum Gasteiger partial charge on any atom is -0.382 e. The average Bonchev–Trinajstić information content (AvgIpc) is 2.58. The summed E-state index contributed by atoms with van der Waals surface area (Å²) in [5.41, 5.74) is 15.0. The van der Waals surface area contributed by atoms with Gasteiger partial charge in [-0.15, -0.1) is 0 Å². The lowest BCUT2D eigenvalue weighted by atomic mass is 9.84. The molecule has 0 spiro atoms. The zero-order chi connectivity index (χ0) is 17.5. The Morgan fingerprint density at radius 1 is 1.29 bits per heavy atom. The Hall–Kier alpha value is -1.43. The van der Waals surface area contributed by atoms with Crippen molar-refractivity contribution in [3.63, 3.8) is 0 Å². The molecule has 1 aliphatic rings. The molecule has 2 atom stereocenters. The van der Waals surface area contributed by atoms with Crippen LogP contribution in [0.4, 0.5) is 0 Å². The molecule has 0 radical (unpaired) electrons. The van der Waals surface area contributed by atoms with E-state index in [0.717, 1.165) is 18.4 Å². The van der Waals surface area contributed by atoms with Crippen molar-refractivity contribution < 1.29 is 9.90 Å². The predicted octanol–water partition coefficient (Wildman–Crippen LogP) is 2.08. The number of rotatable bonds is 7. The van der Waals surface area contributed by atoms with Gasteiger partial charge >= 0.3 is 0 Å². The highest BCUT2D eigenvalue weighted by Gasteiger charge is 2.26. The maximum atomic E-state index is 12.1. The first-order valence-electron chi connectivity index (χ1n) is 9.00. The Bertz CT molecular complexity index is 541. The van der Waals surface area contributed by atoms with Crippen LogP contribution in [0.5, 0.6) is 0 Å². The summed E-state index contributed by atoms with van der Waals surface area (Å²) in [6.45, 7) is 4.64. The third-order valence-electron chi connectivity index (χ3n) is 5.21. The molecule has 0 aromatic heterocycles. The molecular weight excluding hydrogens is 302 g/mol. The van der Waals surface area contributed by atoms with E-state index in [1.54, 1.807) is 0 Å². The number of carbonyl (C=O) groups is 1. The van der Waals surface area contributed by atoms with E-state index in [1.165, 1.54) is 30.4 Å². The summed E-state index contributed by atoms with van der Waals surface area (Å²) in [6, 6.07) is 5.57. The van der Waals surface area contributed by atoms with Crippen LogP contribution in [0.1, 0.15) is 55.2 Å². The van der Waals surface area contributed by atoms with Crippen LogP contribution < -0.4 is 16.6 Å². The number of amides is 1. The maximum absolute atomic E-state index is 12.1. The van der Waals surface area contributed by atoms with Gasteiger partial charge in [0.2, 0.25) is 0 Å². The second-order valence-electron chi connectivity index (χ2n) is 7.05. The maximum Gasteiger partial charge on any atom is 0.264 e. The van der Waals surface area contributed by atoms with Crippen molar-refractivity contribution in [3.8, 4) is 0 Å². The zero-order valence-corrected chi connectivity index (χ0v) is 14.8. The molecule has 1 fully saturated rings. The highest BCUT2D eigenvalue weighted by Crippen LogP contribution is 2.27. The van der Waals surface area contributed by atoms with Gasteiger partial charge in [-0.1, -0.05) is 50.3 Å². The van der Waals surface area contributed by atoms with Crippen LogP contribution in [0.3, 0.4) is 0 Å². The van der Waals surface area contributed by atoms with Gasteiger partial charge in [0.25, 0.3) is 5.91 Å². The number of benzene rings is 1. The van der Waals surface area contributed by atoms with Gasteiger partial charge in [0, 0.05) is 12.6 Å². The number of hydrogen-bond donors (Lipinski definition) is 4. The van der Waals surface area contributed by atoms with Gasteiger partial charge in [-0.2, -0.15) is 0 Å². The van der Waals surface area contributed by atoms with E-state index in [-0.39, 0.29) is 0 Å². The van der Waals surface area contributed by atoms with E-state index in [4.69, 9.17) is 5.73 Å². The topological polar surface area (TPSA) is 87.4 Å². The van der Waals surface area contributed by atoms with E-state index >= 15 is 0 Å². The van der Waals surface area contributed by atoms with Crippen LogP contribution in [0.25, 0.3) is 0 Å². The van der Waals surface area contributed by atoms with Gasteiger partial charge < -0.3 is 10.8 Å². The molecule has 5 nitrogen and oxygen atoms in total. The molecule has 0 heterocycles. The molecule has 1 aliphatic carbocycles. The van der Waals surface area contributed by atoms with Crippen molar-refractivity contribution in [2.45, 2.75) is 71.1 Å². The molecule has 0 bridgehead atoms. The smallest absolute Gasteiger partial charge is 0.264 e. The molecule has 2 unspecified atom stereocenters. The molecule has 1 saturated carbocycles. The molecular formula is C19H31N3O2. The molecule has 134 valence electrons. The Morgan fingerprint density at radius 3 is 2.71 bits per heavy atom. The number of aliphatic hydroxyl groups excluding tert-OH is 1. The lowest BCUT2D eigenvalue weighted by molar-refractivity contribution is -0.131. The van der Waals surface area contributed by atoms with Crippen molar-refractivity contribution in [2.75, 3.05) is 0 Å². The van der Waals surface area contributed by atoms with Crippen LogP contribution in [0, 0.1) is 19.8 Å². The zero-order valence-electron chi connectivity index (χ0n) is 14.8. The summed E-state index contributed by atoms with van der Waals surface area (Å²) in [7, 11) is 0. The second kappa shape index (κ2) is 9.16. The van der Waals surface area contributed by atoms with Crippen molar-refractivity contribution in [2.24, 2.45) is 11.7 Å². The normalized spacial score (nSPS) is 18.2. The molecule has 2 rings (SSSR count). The highest BCUT2D eigenvalue weighted by atomic mass is 16.3. The van der Waals surface area contributed by atoms with Crippen molar-refractivity contribution >= 4 is 5.91 Å². The van der Waals surface area contributed by atoms with E-state index in [1.807, 2.05) is 12.1 Å². The largest absolute Gasteiger partial charge is 0.382 e. The lowest BCUT2D eigenvalue weighted by Gasteiger charge is -2.26. The van der Waals surface area contributed by atoms with Crippen LogP contribution in [-0.2, 0) is 11.3 Å². The number of nitrogens with two attached hydrogens (primary N) is 1. The summed E-state index contributed by atoms with van der Waals surface area (Å²) in [5.74, 6) is 0.0859. The number of nitrogens with one attached hydrogen (secondary N) is 2. The van der Waals surface area contributed by atoms with E-state index in [0.29, 0.717) is 18.9 Å². The fourth-order valence-corrected chi connectivity index (χ4v) is 3.43. The third kappa shape index (κ3) is 5.30. The van der Waals surface area contributed by atoms with Crippen LogP contribution >= 0.6 is 0 Å². The van der Waals surface area contributed by atoms with Gasteiger partial charge in [-0.05, 0) is 42.9 Å². The summed E-state index contributed by atoms with van der Waals surface area (Å²) < 4.78 is 0. The van der Waals surface area contributed by atoms with Crippen molar-refractivity contribution in [1.29, 1.82) is 0 Å². The van der Waals surface area contributed by atoms with E-state index < -0.39 is 18.1 Å². The molecule has 1 amide bonds. The van der Waals surface area contributed by atoms with Crippen LogP contribution in [0.2, 0.25) is 0 Å². The average molecular weight is 333 g/mol. The fraction of sp³-hybridized carbons (Fsp3) is 0.632. The first kappa shape index (κ1) is 18.9. The standard InChI is InChI=1S/C19H31N3O2/c1-13-7-6-10-16(14(13)2)12-21-22-19(24)18(23)17(20)11-15-8-4-3-5-9-15/h6-7,10,15,17-18,21,23H,3-5,8-9,11-12,20H2,1-2H3,(H,22,24). The van der Waals surface area contributed by atoms with Gasteiger partial charge in [0.15, 0.2) is 0 Å². The number of hydrogen-bond acceptors (Lipinski definition) is 4. The Kier molecular flexibility index (Phi) is 7.21. The van der Waals surface area contributed by atoms with Crippen LogP contribution in [-0.4, -0.2) is 23.2 Å². The Morgan fingerprint density at radius 2 is 2.00 bits per heavy atom. The number of carbonyl (C=O) groups excluding carboxylic acids is 1. The Balaban J connectivity index is 1.75. The van der Waals surface area contributed by atoms with Gasteiger partial charge in [-0.3, -0.25) is 10.2 Å². The Labute approximate surface area is 145 Å². The van der Waals surface area contributed by atoms with E-state index in [9.17, 15) is 9.90 Å². The van der Waals surface area contributed by atoms with Crippen molar-refractivity contribution in [3.05, 3.63) is 34.9 Å². The molecule has 0 saturated heterocycles. The molecule has 1 aromatic carbocycles. The number of aryl methyl sites for hydroxylation is 1. The van der Waals surface area contributed by atoms with E-state index in [2.05, 4.69) is 30.8 Å². The van der Waals surface area contributed by atoms with Crippen molar-refractivity contribution in [1.82, 2.24) is 10.9 Å². The first-order chi connectivity index (χ1) is 11.5. The summed E-state index contributed by atoms with van der Waals surface area (Å²) >= 11 is 0. The number of hydrazine groups is 1. The predicted molar refractivity (Wildman–Crippen MR) is 96.1 cm³/mol. The van der Waals surface area contributed by atoms with Gasteiger partial charge in [0.05, 0.1) is 0 Å². The minimum atomic E-state index is -1.17. The number of aliphatic hydroxyl groups is 1. The molecule has 24 heavy (non-hydrogen) atoms. The molecule has 5 N–H and O–H groups in total. The first-order valence-corrected chi connectivity index (χ1v) is 9.00. The highest BCUT2D eigenvalue weighted by molar-refractivity contribution is 5.80.